The monoisotopic (exact) mass is 455 g/mol. The van der Waals surface area contributed by atoms with Crippen LogP contribution in [0.15, 0.2) is 78.3 Å². The van der Waals surface area contributed by atoms with Gasteiger partial charge in [0.25, 0.3) is 5.91 Å². The van der Waals surface area contributed by atoms with Gasteiger partial charge in [0.15, 0.2) is 6.10 Å². The summed E-state index contributed by atoms with van der Waals surface area (Å²) in [7, 11) is 0. The van der Waals surface area contributed by atoms with E-state index in [9.17, 15) is 4.79 Å². The lowest BCUT2D eigenvalue weighted by atomic mass is 10.1. The second-order valence-electron chi connectivity index (χ2n) is 8.03. The van der Waals surface area contributed by atoms with Crippen molar-refractivity contribution >= 4 is 22.9 Å². The van der Waals surface area contributed by atoms with Crippen molar-refractivity contribution in [3.05, 3.63) is 83.9 Å². The van der Waals surface area contributed by atoms with Gasteiger partial charge in [-0.25, -0.2) is 4.98 Å². The van der Waals surface area contributed by atoms with Crippen LogP contribution in [0.1, 0.15) is 25.3 Å². The van der Waals surface area contributed by atoms with Gasteiger partial charge in [-0.05, 0) is 55.2 Å². The van der Waals surface area contributed by atoms with Crippen molar-refractivity contribution in [2.45, 2.75) is 32.3 Å². The van der Waals surface area contributed by atoms with Gasteiger partial charge in [0, 0.05) is 23.7 Å². The number of carbonyl (C=O) groups is 1. The van der Waals surface area contributed by atoms with Crippen molar-refractivity contribution in [3.63, 3.8) is 0 Å². The second-order valence-corrected chi connectivity index (χ2v) is 8.89. The van der Waals surface area contributed by atoms with Crippen LogP contribution in [0.25, 0.3) is 22.0 Å². The van der Waals surface area contributed by atoms with Gasteiger partial charge < -0.3 is 9.64 Å². The molecular weight excluding hydrogens is 430 g/mol. The lowest BCUT2D eigenvalue weighted by Crippen LogP contribution is -2.46. The van der Waals surface area contributed by atoms with Crippen molar-refractivity contribution in [1.29, 1.82) is 0 Å². The first-order valence-corrected chi connectivity index (χ1v) is 12.1. The van der Waals surface area contributed by atoms with Gasteiger partial charge in [0.05, 0.1) is 17.1 Å². The third kappa shape index (κ3) is 4.52. The Hall–Kier alpha value is -3.51. The highest BCUT2D eigenvalue weighted by Gasteiger charge is 2.33. The fraction of sp³-hybridized carbons (Fsp3) is 0.222. The average molecular weight is 456 g/mol. The molecule has 1 amide bonds. The first kappa shape index (κ1) is 21.3. The average Bonchev–Trinajstić information content (AvgIpc) is 3.36. The van der Waals surface area contributed by atoms with E-state index in [2.05, 4.69) is 29.2 Å². The topological polar surface area (TPSA) is 55.3 Å². The van der Waals surface area contributed by atoms with Crippen molar-refractivity contribution in [1.82, 2.24) is 9.97 Å². The zero-order valence-corrected chi connectivity index (χ0v) is 19.3. The summed E-state index contributed by atoms with van der Waals surface area (Å²) in [5, 5.41) is 2.91. The SMILES string of the molecule is CCC1Oc2ccc(-c3csc(-c4ccccn4)n3)cc2N(CCCc2ccccc2)C1=O. The molecule has 3 heterocycles. The molecule has 5 rings (SSSR count). The summed E-state index contributed by atoms with van der Waals surface area (Å²) in [4.78, 5) is 24.3. The van der Waals surface area contributed by atoms with Crippen LogP contribution in [0.4, 0.5) is 5.69 Å². The highest BCUT2D eigenvalue weighted by Crippen LogP contribution is 2.39. The molecule has 2 aromatic heterocycles. The van der Waals surface area contributed by atoms with Gasteiger partial charge in [-0.15, -0.1) is 11.3 Å². The molecule has 0 radical (unpaired) electrons. The number of nitrogens with zero attached hydrogens (tertiary/aromatic N) is 3. The highest BCUT2D eigenvalue weighted by molar-refractivity contribution is 7.13. The molecule has 0 aliphatic carbocycles. The standard InChI is InChI=1S/C27H25N3O2S/c1-2-24-27(31)30(16-8-11-19-9-4-3-5-10-19)23-17-20(13-14-25(23)32-24)22-18-33-26(29-22)21-12-6-7-15-28-21/h3-7,9-10,12-15,17-18,24H,2,8,11,16H2,1H3. The molecule has 0 N–H and O–H groups in total. The predicted molar refractivity (Wildman–Crippen MR) is 133 cm³/mol. The first-order chi connectivity index (χ1) is 16.2. The van der Waals surface area contributed by atoms with E-state index >= 15 is 0 Å². The third-order valence-corrected chi connectivity index (χ3v) is 6.67. The Kier molecular flexibility index (Phi) is 6.17. The van der Waals surface area contributed by atoms with Crippen molar-refractivity contribution in [2.24, 2.45) is 0 Å². The van der Waals surface area contributed by atoms with Crippen LogP contribution < -0.4 is 9.64 Å². The number of thiazole rings is 1. The number of carbonyl (C=O) groups excluding carboxylic acids is 1. The molecule has 1 aliphatic heterocycles. The zero-order valence-electron chi connectivity index (χ0n) is 18.5. The van der Waals surface area contributed by atoms with Crippen LogP contribution in [-0.2, 0) is 11.2 Å². The Morgan fingerprint density at radius 3 is 2.67 bits per heavy atom. The van der Waals surface area contributed by atoms with Crippen LogP contribution in [-0.4, -0.2) is 28.5 Å². The summed E-state index contributed by atoms with van der Waals surface area (Å²) in [6.07, 6.45) is 3.80. The lowest BCUT2D eigenvalue weighted by molar-refractivity contribution is -0.126. The van der Waals surface area contributed by atoms with Gasteiger partial charge in [-0.3, -0.25) is 9.78 Å². The third-order valence-electron chi connectivity index (χ3n) is 5.81. The largest absolute Gasteiger partial charge is 0.478 e. The number of hydrogen-bond donors (Lipinski definition) is 0. The molecule has 1 aliphatic rings. The number of ether oxygens (including phenoxy) is 1. The molecule has 0 saturated heterocycles. The molecule has 1 atom stereocenters. The van der Waals surface area contributed by atoms with Gasteiger partial charge in [-0.1, -0.05) is 43.3 Å². The van der Waals surface area contributed by atoms with Crippen LogP contribution in [0.3, 0.4) is 0 Å². The summed E-state index contributed by atoms with van der Waals surface area (Å²) < 4.78 is 6.03. The molecule has 0 spiro atoms. The summed E-state index contributed by atoms with van der Waals surface area (Å²) >= 11 is 1.57. The number of hydrogen-bond acceptors (Lipinski definition) is 5. The molecule has 5 nitrogen and oxygen atoms in total. The first-order valence-electron chi connectivity index (χ1n) is 11.3. The second kappa shape index (κ2) is 9.55. The van der Waals surface area contributed by atoms with Gasteiger partial charge in [-0.2, -0.15) is 0 Å². The minimum Gasteiger partial charge on any atom is -0.478 e. The van der Waals surface area contributed by atoms with E-state index in [1.165, 1.54) is 5.56 Å². The molecule has 0 fully saturated rings. The fourth-order valence-electron chi connectivity index (χ4n) is 4.07. The number of anilines is 1. The summed E-state index contributed by atoms with van der Waals surface area (Å²) in [5.41, 5.74) is 4.80. The highest BCUT2D eigenvalue weighted by atomic mass is 32.1. The van der Waals surface area contributed by atoms with Crippen LogP contribution in [0, 0.1) is 0 Å². The molecular formula is C27H25N3O2S. The zero-order chi connectivity index (χ0) is 22.6. The summed E-state index contributed by atoms with van der Waals surface area (Å²) in [6, 6.07) is 22.2. The Bertz CT molecular complexity index is 1240. The Morgan fingerprint density at radius 2 is 1.88 bits per heavy atom. The van der Waals surface area contributed by atoms with E-state index in [4.69, 9.17) is 9.72 Å². The van der Waals surface area contributed by atoms with Crippen LogP contribution >= 0.6 is 11.3 Å². The minimum absolute atomic E-state index is 0.0302. The molecule has 6 heteroatoms. The predicted octanol–water partition coefficient (Wildman–Crippen LogP) is 6.01. The van der Waals surface area contributed by atoms with E-state index in [0.29, 0.717) is 13.0 Å². The number of aryl methyl sites for hydroxylation is 1. The maximum absolute atomic E-state index is 13.2. The molecule has 0 saturated carbocycles. The maximum atomic E-state index is 13.2. The molecule has 33 heavy (non-hydrogen) atoms. The minimum atomic E-state index is -0.435. The van der Waals surface area contributed by atoms with Gasteiger partial charge in [0.2, 0.25) is 0 Å². The van der Waals surface area contributed by atoms with Crippen LogP contribution in [0.5, 0.6) is 5.75 Å². The van der Waals surface area contributed by atoms with E-state index in [1.54, 1.807) is 17.5 Å². The number of pyridine rings is 1. The van der Waals surface area contributed by atoms with E-state index < -0.39 is 6.10 Å². The van der Waals surface area contributed by atoms with E-state index in [0.717, 1.165) is 46.2 Å². The number of aromatic nitrogens is 2. The number of fused-ring (bicyclic) bond motifs is 1. The van der Waals surface area contributed by atoms with Crippen molar-refractivity contribution in [3.8, 4) is 27.7 Å². The van der Waals surface area contributed by atoms with E-state index in [1.807, 2.05) is 59.7 Å². The van der Waals surface area contributed by atoms with Gasteiger partial charge >= 0.3 is 0 Å². The Labute approximate surface area is 197 Å². The molecule has 4 aromatic rings. The van der Waals surface area contributed by atoms with E-state index in [-0.39, 0.29) is 5.91 Å². The molecule has 166 valence electrons. The molecule has 0 bridgehead atoms. The quantitative estimate of drug-likeness (QED) is 0.342. The maximum Gasteiger partial charge on any atom is 0.268 e. The summed E-state index contributed by atoms with van der Waals surface area (Å²) in [5.74, 6) is 0.785. The fourth-order valence-corrected chi connectivity index (χ4v) is 4.88. The number of benzene rings is 2. The Morgan fingerprint density at radius 1 is 1.03 bits per heavy atom. The summed E-state index contributed by atoms with van der Waals surface area (Å²) in [6.45, 7) is 2.64. The smallest absolute Gasteiger partial charge is 0.268 e. The van der Waals surface area contributed by atoms with Crippen molar-refractivity contribution < 1.29 is 9.53 Å². The van der Waals surface area contributed by atoms with Crippen LogP contribution in [0.2, 0.25) is 0 Å². The molecule has 2 aromatic carbocycles. The van der Waals surface area contributed by atoms with Gasteiger partial charge in [0.1, 0.15) is 10.8 Å². The lowest BCUT2D eigenvalue weighted by Gasteiger charge is -2.34. The number of amides is 1. The number of rotatable bonds is 7. The van der Waals surface area contributed by atoms with Crippen molar-refractivity contribution in [2.75, 3.05) is 11.4 Å². The normalized spacial score (nSPS) is 15.2. The molecule has 1 unspecified atom stereocenters. The Balaban J connectivity index is 1.41.